The van der Waals surface area contributed by atoms with E-state index in [1.54, 1.807) is 24.9 Å². The zero-order valence-corrected chi connectivity index (χ0v) is 7.14. The molecule has 0 saturated carbocycles. The lowest BCUT2D eigenvalue weighted by atomic mass is 10.4. The Labute approximate surface area is 78.8 Å². The lowest BCUT2D eigenvalue weighted by molar-refractivity contribution is 0.577. The molecule has 3 aromatic heterocycles. The fourth-order valence-electron chi connectivity index (χ4n) is 1.26. The van der Waals surface area contributed by atoms with E-state index in [4.69, 9.17) is 4.42 Å². The average molecular weight is 186 g/mol. The van der Waals surface area contributed by atoms with Gasteiger partial charge in [-0.05, 0) is 12.1 Å². The molecule has 3 heterocycles. The van der Waals surface area contributed by atoms with Crippen molar-refractivity contribution in [1.29, 1.82) is 0 Å². The van der Waals surface area contributed by atoms with Crippen molar-refractivity contribution in [2.24, 2.45) is 0 Å². The first kappa shape index (κ1) is 7.25. The third kappa shape index (κ3) is 0.990. The Hall–Kier alpha value is -2.17. The van der Waals surface area contributed by atoms with Crippen LogP contribution in [0.5, 0.6) is 0 Å². The minimum absolute atomic E-state index is 0.551. The average Bonchev–Trinajstić information content (AvgIpc) is 2.88. The van der Waals surface area contributed by atoms with Crippen LogP contribution >= 0.6 is 0 Å². The number of fused-ring (bicyclic) bond motifs is 1. The Morgan fingerprint density at radius 3 is 3.14 bits per heavy atom. The number of H-pyrrole nitrogens is 1. The summed E-state index contributed by atoms with van der Waals surface area (Å²) in [5.74, 6) is 1.20. The van der Waals surface area contributed by atoms with Crippen molar-refractivity contribution < 1.29 is 4.42 Å². The van der Waals surface area contributed by atoms with Gasteiger partial charge in [0.1, 0.15) is 5.52 Å². The predicted octanol–water partition coefficient (Wildman–Crippen LogP) is 1.61. The third-order valence-electron chi connectivity index (χ3n) is 1.92. The van der Waals surface area contributed by atoms with Crippen LogP contribution in [0.2, 0.25) is 0 Å². The van der Waals surface area contributed by atoms with Gasteiger partial charge in [0.2, 0.25) is 0 Å². The minimum atomic E-state index is 0.551. The van der Waals surface area contributed by atoms with Crippen LogP contribution in [0.25, 0.3) is 22.7 Å². The summed E-state index contributed by atoms with van der Waals surface area (Å²) in [6.07, 6.45) is 4.87. The summed E-state index contributed by atoms with van der Waals surface area (Å²) in [5, 5.41) is 0. The molecule has 0 radical (unpaired) electrons. The van der Waals surface area contributed by atoms with Crippen molar-refractivity contribution in [2.45, 2.75) is 0 Å². The lowest BCUT2D eigenvalue weighted by Gasteiger charge is -1.93. The van der Waals surface area contributed by atoms with Crippen LogP contribution in [0.1, 0.15) is 0 Å². The van der Waals surface area contributed by atoms with Gasteiger partial charge >= 0.3 is 0 Å². The molecule has 0 aromatic carbocycles. The van der Waals surface area contributed by atoms with E-state index in [1.807, 2.05) is 6.07 Å². The quantitative estimate of drug-likeness (QED) is 0.626. The lowest BCUT2D eigenvalue weighted by Crippen LogP contribution is -1.87. The molecule has 0 atom stereocenters. The smallest absolute Gasteiger partial charge is 0.197 e. The van der Waals surface area contributed by atoms with Crippen molar-refractivity contribution in [3.05, 3.63) is 30.9 Å². The predicted molar refractivity (Wildman–Crippen MR) is 49.4 cm³/mol. The number of nitrogens with zero attached hydrogens (tertiary/aromatic N) is 3. The highest BCUT2D eigenvalue weighted by atomic mass is 16.3. The summed E-state index contributed by atoms with van der Waals surface area (Å²) in [6.45, 7) is 0. The number of aromatic nitrogens is 4. The van der Waals surface area contributed by atoms with Crippen LogP contribution in [0.4, 0.5) is 0 Å². The normalized spacial score (nSPS) is 10.9. The molecular weight excluding hydrogens is 180 g/mol. The third-order valence-corrected chi connectivity index (χ3v) is 1.92. The van der Waals surface area contributed by atoms with Crippen molar-refractivity contribution in [2.75, 3.05) is 0 Å². The molecule has 1 N–H and O–H groups in total. The van der Waals surface area contributed by atoms with Gasteiger partial charge in [-0.1, -0.05) is 0 Å². The number of hydrogen-bond donors (Lipinski definition) is 1. The highest BCUT2D eigenvalue weighted by Crippen LogP contribution is 2.16. The maximum Gasteiger partial charge on any atom is 0.197 e. The molecule has 0 aliphatic rings. The number of nitrogens with one attached hydrogen (secondary N) is 1. The highest BCUT2D eigenvalue weighted by molar-refractivity contribution is 5.70. The van der Waals surface area contributed by atoms with E-state index in [-0.39, 0.29) is 0 Å². The van der Waals surface area contributed by atoms with Crippen LogP contribution in [0.15, 0.2) is 35.3 Å². The Morgan fingerprint density at radius 2 is 2.29 bits per heavy atom. The zero-order chi connectivity index (χ0) is 9.38. The molecule has 0 amide bonds. The molecule has 3 rings (SSSR count). The number of hydrogen-bond acceptors (Lipinski definition) is 4. The van der Waals surface area contributed by atoms with Gasteiger partial charge in [0.15, 0.2) is 17.2 Å². The van der Waals surface area contributed by atoms with Gasteiger partial charge in [0, 0.05) is 0 Å². The van der Waals surface area contributed by atoms with Gasteiger partial charge in [-0.25, -0.2) is 15.0 Å². The van der Waals surface area contributed by atoms with Crippen molar-refractivity contribution in [3.8, 4) is 11.6 Å². The largest absolute Gasteiger partial charge is 0.461 e. The van der Waals surface area contributed by atoms with Crippen LogP contribution in [-0.4, -0.2) is 19.9 Å². The number of furan rings is 1. The standard InChI is InChI=1S/C9H6N4O/c1-2-7(14-3-1)9-10-4-6-8(13-9)12-5-11-6/h1-5H,(H,10,11,12,13). The summed E-state index contributed by atoms with van der Waals surface area (Å²) < 4.78 is 5.18. The first-order chi connectivity index (χ1) is 6.93. The van der Waals surface area contributed by atoms with Gasteiger partial charge in [0.25, 0.3) is 0 Å². The summed E-state index contributed by atoms with van der Waals surface area (Å²) in [4.78, 5) is 15.3. The molecule has 0 fully saturated rings. The van der Waals surface area contributed by atoms with Crippen LogP contribution < -0.4 is 0 Å². The molecule has 0 unspecified atom stereocenters. The first-order valence-corrected chi connectivity index (χ1v) is 4.13. The topological polar surface area (TPSA) is 67.6 Å². The molecule has 3 aromatic rings. The van der Waals surface area contributed by atoms with Gasteiger partial charge in [-0.3, -0.25) is 0 Å². The molecule has 5 heteroatoms. The fourth-order valence-corrected chi connectivity index (χ4v) is 1.26. The van der Waals surface area contributed by atoms with Gasteiger partial charge in [-0.2, -0.15) is 0 Å². The molecule has 14 heavy (non-hydrogen) atoms. The Bertz CT molecular complexity index is 555. The summed E-state index contributed by atoms with van der Waals surface area (Å²) >= 11 is 0. The molecule has 0 bridgehead atoms. The van der Waals surface area contributed by atoms with Gasteiger partial charge < -0.3 is 9.40 Å². The van der Waals surface area contributed by atoms with Crippen molar-refractivity contribution in [3.63, 3.8) is 0 Å². The van der Waals surface area contributed by atoms with E-state index < -0.39 is 0 Å². The van der Waals surface area contributed by atoms with E-state index >= 15 is 0 Å². The maximum absolute atomic E-state index is 5.18. The molecule has 0 saturated heterocycles. The second kappa shape index (κ2) is 2.66. The molecular formula is C9H6N4O. The second-order valence-corrected chi connectivity index (χ2v) is 2.81. The highest BCUT2D eigenvalue weighted by Gasteiger charge is 2.05. The maximum atomic E-state index is 5.18. The van der Waals surface area contributed by atoms with Gasteiger partial charge in [0.05, 0.1) is 18.8 Å². The van der Waals surface area contributed by atoms with Crippen molar-refractivity contribution >= 4 is 11.2 Å². The number of rotatable bonds is 1. The van der Waals surface area contributed by atoms with Crippen LogP contribution in [0.3, 0.4) is 0 Å². The monoisotopic (exact) mass is 186 g/mol. The van der Waals surface area contributed by atoms with Crippen LogP contribution in [-0.2, 0) is 0 Å². The Morgan fingerprint density at radius 1 is 1.29 bits per heavy atom. The Balaban J connectivity index is 2.23. The zero-order valence-electron chi connectivity index (χ0n) is 7.14. The van der Waals surface area contributed by atoms with E-state index in [2.05, 4.69) is 19.9 Å². The molecule has 68 valence electrons. The van der Waals surface area contributed by atoms with E-state index in [9.17, 15) is 0 Å². The molecule has 0 spiro atoms. The number of imidazole rings is 1. The van der Waals surface area contributed by atoms with E-state index in [1.165, 1.54) is 0 Å². The van der Waals surface area contributed by atoms with Crippen LogP contribution in [0, 0.1) is 0 Å². The molecule has 0 aliphatic carbocycles. The SMILES string of the molecule is c1coc(-c2ncc3[nH]cnc3n2)c1. The minimum Gasteiger partial charge on any atom is -0.461 e. The number of aromatic amines is 1. The second-order valence-electron chi connectivity index (χ2n) is 2.81. The Kier molecular flexibility index (Phi) is 1.38. The first-order valence-electron chi connectivity index (χ1n) is 4.13. The van der Waals surface area contributed by atoms with E-state index in [0.29, 0.717) is 17.2 Å². The summed E-state index contributed by atoms with van der Waals surface area (Å²) in [7, 11) is 0. The summed E-state index contributed by atoms with van der Waals surface area (Å²) in [5.41, 5.74) is 1.46. The van der Waals surface area contributed by atoms with Gasteiger partial charge in [-0.15, -0.1) is 0 Å². The van der Waals surface area contributed by atoms with E-state index in [0.717, 1.165) is 5.52 Å². The molecule has 5 nitrogen and oxygen atoms in total. The molecule has 0 aliphatic heterocycles. The fraction of sp³-hybridized carbons (Fsp3) is 0. The van der Waals surface area contributed by atoms with Crippen molar-refractivity contribution in [1.82, 2.24) is 19.9 Å². The summed E-state index contributed by atoms with van der Waals surface area (Å²) in [6, 6.07) is 3.61.